The molecule has 132 valence electrons. The molecule has 1 aromatic rings. The number of hydrogen-bond acceptors (Lipinski definition) is 7. The van der Waals surface area contributed by atoms with Crippen LogP contribution in [0.25, 0.3) is 0 Å². The number of fused-ring (bicyclic) bond motifs is 1. The molecule has 0 spiro atoms. The van der Waals surface area contributed by atoms with E-state index < -0.39 is 10.0 Å². The number of primary sulfonamides is 1. The zero-order valence-electron chi connectivity index (χ0n) is 13.6. The largest absolute Gasteiger partial charge is 0.385 e. The van der Waals surface area contributed by atoms with Crippen molar-refractivity contribution in [3.63, 3.8) is 0 Å². The van der Waals surface area contributed by atoms with Crippen LogP contribution >= 0.6 is 23.3 Å². The first kappa shape index (κ1) is 19.2. The molecule has 23 heavy (non-hydrogen) atoms. The maximum absolute atomic E-state index is 11.6. The van der Waals surface area contributed by atoms with Crippen LogP contribution in [0.2, 0.25) is 0 Å². The molecule has 2 rings (SSSR count). The average Bonchev–Trinajstić information content (AvgIpc) is 2.93. The van der Waals surface area contributed by atoms with Crippen molar-refractivity contribution in [2.75, 3.05) is 33.4 Å². The average molecular weight is 380 g/mol. The van der Waals surface area contributed by atoms with E-state index >= 15 is 0 Å². The van der Waals surface area contributed by atoms with E-state index in [4.69, 9.17) is 9.88 Å². The molecule has 0 fully saturated rings. The van der Waals surface area contributed by atoms with Gasteiger partial charge in [-0.2, -0.15) is 0 Å². The number of nitrogens with zero attached hydrogens (tertiary/aromatic N) is 1. The van der Waals surface area contributed by atoms with Gasteiger partial charge in [0.2, 0.25) is 10.0 Å². The Bertz CT molecular complexity index is 604. The minimum Gasteiger partial charge on any atom is -0.385 e. The number of sulfonamides is 1. The maximum Gasteiger partial charge on any atom is 0.247 e. The molecule has 1 atom stereocenters. The number of unbranched alkanes of at least 4 members (excludes halogenated alkanes) is 1. The van der Waals surface area contributed by atoms with Gasteiger partial charge in [0.25, 0.3) is 0 Å². The van der Waals surface area contributed by atoms with Gasteiger partial charge >= 0.3 is 0 Å². The second-order valence-electron chi connectivity index (χ2n) is 5.54. The minimum absolute atomic E-state index is 0.153. The topological polar surface area (TPSA) is 84.7 Å². The second-order valence-corrected chi connectivity index (χ2v) is 9.75. The monoisotopic (exact) mass is 379 g/mol. The van der Waals surface area contributed by atoms with E-state index in [9.17, 15) is 8.42 Å². The molecule has 0 aliphatic carbocycles. The molecule has 2 heterocycles. The summed E-state index contributed by atoms with van der Waals surface area (Å²) < 4.78 is 31.9. The van der Waals surface area contributed by atoms with Crippen LogP contribution in [0.1, 0.15) is 37.8 Å². The van der Waals surface area contributed by atoms with Gasteiger partial charge in [-0.05, 0) is 49.4 Å². The van der Waals surface area contributed by atoms with Crippen LogP contribution in [-0.2, 0) is 14.8 Å². The molecule has 0 radical (unpaired) electrons. The van der Waals surface area contributed by atoms with E-state index in [1.807, 2.05) is 0 Å². The fourth-order valence-electron chi connectivity index (χ4n) is 2.44. The van der Waals surface area contributed by atoms with Gasteiger partial charge < -0.3 is 10.1 Å². The number of methoxy groups -OCH3 is 1. The highest BCUT2D eigenvalue weighted by molar-refractivity contribution is 7.99. The van der Waals surface area contributed by atoms with Crippen molar-refractivity contribution in [3.8, 4) is 0 Å². The molecule has 0 saturated heterocycles. The summed E-state index contributed by atoms with van der Waals surface area (Å²) in [5, 5.41) is 8.80. The van der Waals surface area contributed by atoms with Crippen molar-refractivity contribution in [2.24, 2.45) is 5.14 Å². The SMILES string of the molecule is CCCN[C@H]1CN(CCCCOC)Sc2sc(S(N)(=O)=O)cc21. The summed E-state index contributed by atoms with van der Waals surface area (Å²) in [6, 6.07) is 1.89. The first-order valence-corrected chi connectivity index (χ1v) is 10.9. The molecule has 1 aliphatic heterocycles. The van der Waals surface area contributed by atoms with E-state index in [1.165, 1.54) is 11.3 Å². The Morgan fingerprint density at radius 3 is 2.91 bits per heavy atom. The fourth-order valence-corrected chi connectivity index (χ4v) is 6.01. The zero-order chi connectivity index (χ0) is 16.9. The van der Waals surface area contributed by atoms with Crippen molar-refractivity contribution >= 4 is 33.3 Å². The normalized spacial score (nSPS) is 19.0. The van der Waals surface area contributed by atoms with Crippen LogP contribution in [0, 0.1) is 0 Å². The Labute approximate surface area is 146 Å². The van der Waals surface area contributed by atoms with Gasteiger partial charge in [-0.15, -0.1) is 11.3 Å². The lowest BCUT2D eigenvalue weighted by molar-refractivity contribution is 0.190. The molecular formula is C14H25N3O3S3. The van der Waals surface area contributed by atoms with Crippen molar-refractivity contribution in [3.05, 3.63) is 11.6 Å². The molecule has 1 aliphatic rings. The molecule has 0 saturated carbocycles. The summed E-state index contributed by atoms with van der Waals surface area (Å²) in [5.41, 5.74) is 1.06. The molecule has 3 N–H and O–H groups in total. The van der Waals surface area contributed by atoms with Gasteiger partial charge in [-0.25, -0.2) is 17.9 Å². The van der Waals surface area contributed by atoms with Crippen LogP contribution in [0.4, 0.5) is 0 Å². The van der Waals surface area contributed by atoms with Crippen LogP contribution in [-0.4, -0.2) is 46.1 Å². The molecule has 0 amide bonds. The van der Waals surface area contributed by atoms with Crippen molar-refractivity contribution in [1.29, 1.82) is 0 Å². The van der Waals surface area contributed by atoms with Crippen LogP contribution < -0.4 is 10.5 Å². The van der Waals surface area contributed by atoms with Gasteiger partial charge in [0, 0.05) is 32.8 Å². The third kappa shape index (κ3) is 5.42. The Morgan fingerprint density at radius 2 is 2.26 bits per heavy atom. The Kier molecular flexibility index (Phi) is 7.33. The number of nitrogens with two attached hydrogens (primary N) is 1. The molecule has 0 unspecified atom stereocenters. The third-order valence-electron chi connectivity index (χ3n) is 3.60. The van der Waals surface area contributed by atoms with E-state index in [-0.39, 0.29) is 10.3 Å². The Hall–Kier alpha value is -0.160. The predicted octanol–water partition coefficient (Wildman–Crippen LogP) is 2.19. The van der Waals surface area contributed by atoms with Crippen molar-refractivity contribution in [2.45, 2.75) is 40.6 Å². The van der Waals surface area contributed by atoms with Gasteiger partial charge in [0.05, 0.1) is 4.21 Å². The summed E-state index contributed by atoms with van der Waals surface area (Å²) >= 11 is 2.91. The van der Waals surface area contributed by atoms with E-state index in [0.29, 0.717) is 0 Å². The highest BCUT2D eigenvalue weighted by Gasteiger charge is 2.29. The van der Waals surface area contributed by atoms with E-state index in [2.05, 4.69) is 16.5 Å². The van der Waals surface area contributed by atoms with Gasteiger partial charge in [-0.1, -0.05) is 6.92 Å². The Morgan fingerprint density at radius 1 is 1.48 bits per heavy atom. The number of rotatable bonds is 9. The highest BCUT2D eigenvalue weighted by atomic mass is 32.3. The fraction of sp³-hybridized carbons (Fsp3) is 0.714. The first-order chi connectivity index (χ1) is 11.0. The minimum atomic E-state index is -3.64. The van der Waals surface area contributed by atoms with Crippen LogP contribution in [0.5, 0.6) is 0 Å². The lowest BCUT2D eigenvalue weighted by Crippen LogP contribution is -2.35. The second kappa shape index (κ2) is 8.80. The van der Waals surface area contributed by atoms with Crippen molar-refractivity contribution < 1.29 is 13.2 Å². The summed E-state index contributed by atoms with van der Waals surface area (Å²) in [5.74, 6) is 0. The Balaban J connectivity index is 2.11. The van der Waals surface area contributed by atoms with Crippen LogP contribution in [0.3, 0.4) is 0 Å². The van der Waals surface area contributed by atoms with E-state index in [1.54, 1.807) is 25.1 Å². The van der Waals surface area contributed by atoms with E-state index in [0.717, 1.165) is 55.3 Å². The molecule has 1 aromatic heterocycles. The third-order valence-corrected chi connectivity index (χ3v) is 7.43. The molecular weight excluding hydrogens is 354 g/mol. The lowest BCUT2D eigenvalue weighted by atomic mass is 10.1. The predicted molar refractivity (Wildman–Crippen MR) is 95.3 cm³/mol. The number of ether oxygens (including phenoxy) is 1. The standard InChI is InChI=1S/C14H25N3O3S3/c1-3-6-16-12-10-17(7-4-5-8-20-2)22-14-11(12)9-13(21-14)23(15,18)19/h9,12,16H,3-8,10H2,1-2H3,(H2,15,18,19)/t12-/m0/s1. The molecule has 0 bridgehead atoms. The number of hydrogen-bond donors (Lipinski definition) is 2. The molecule has 0 aromatic carbocycles. The molecule has 6 nitrogen and oxygen atoms in total. The summed E-state index contributed by atoms with van der Waals surface area (Å²) in [6.07, 6.45) is 3.13. The van der Waals surface area contributed by atoms with Crippen molar-refractivity contribution in [1.82, 2.24) is 9.62 Å². The summed E-state index contributed by atoms with van der Waals surface area (Å²) in [7, 11) is -1.92. The highest BCUT2D eigenvalue weighted by Crippen LogP contribution is 2.43. The molecule has 9 heteroatoms. The van der Waals surface area contributed by atoms with Crippen LogP contribution in [0.15, 0.2) is 14.5 Å². The quantitative estimate of drug-likeness (QED) is 0.505. The van der Waals surface area contributed by atoms with Gasteiger partial charge in [-0.3, -0.25) is 0 Å². The maximum atomic E-state index is 11.6. The van der Waals surface area contributed by atoms with Gasteiger partial charge in [0.15, 0.2) is 0 Å². The lowest BCUT2D eigenvalue weighted by Gasteiger charge is -2.32. The van der Waals surface area contributed by atoms with Gasteiger partial charge in [0.1, 0.15) is 4.21 Å². The smallest absolute Gasteiger partial charge is 0.247 e. The summed E-state index contributed by atoms with van der Waals surface area (Å²) in [6.45, 7) is 5.63. The number of thiophene rings is 1. The summed E-state index contributed by atoms with van der Waals surface area (Å²) in [4.78, 5) is 0. The first-order valence-electron chi connectivity index (χ1n) is 7.77. The number of nitrogens with one attached hydrogen (secondary N) is 1. The zero-order valence-corrected chi connectivity index (χ0v) is 16.0.